The van der Waals surface area contributed by atoms with Crippen LogP contribution in [-0.2, 0) is 11.3 Å². The summed E-state index contributed by atoms with van der Waals surface area (Å²) < 4.78 is 4.23. The third-order valence-corrected chi connectivity index (χ3v) is 7.77. The number of hydrogen-bond acceptors (Lipinski definition) is 4. The van der Waals surface area contributed by atoms with Crippen molar-refractivity contribution in [2.24, 2.45) is 5.41 Å². The van der Waals surface area contributed by atoms with Gasteiger partial charge in [0.2, 0.25) is 0 Å². The number of imide groups is 1. The Morgan fingerprint density at radius 2 is 1.87 bits per heavy atom. The lowest BCUT2D eigenvalue weighted by atomic mass is 9.84. The van der Waals surface area contributed by atoms with Crippen LogP contribution in [-0.4, -0.2) is 57.1 Å². The van der Waals surface area contributed by atoms with Gasteiger partial charge in [-0.25, -0.2) is 14.6 Å². The molecule has 4 aromatic rings. The van der Waals surface area contributed by atoms with Crippen molar-refractivity contribution in [3.05, 3.63) is 84.1 Å². The lowest BCUT2D eigenvalue weighted by molar-refractivity contribution is -0.126. The van der Waals surface area contributed by atoms with Crippen LogP contribution in [0.2, 0.25) is 0 Å². The lowest BCUT2D eigenvalue weighted by Crippen LogP contribution is -2.58. The highest BCUT2D eigenvalue weighted by atomic mass is 16.2. The van der Waals surface area contributed by atoms with Crippen molar-refractivity contribution in [1.29, 1.82) is 0 Å². The number of carbonyl (C=O) groups excluding carboxylic acids is 2. The summed E-state index contributed by atoms with van der Waals surface area (Å²) in [5, 5.41) is 3.24. The molecule has 9 heteroatoms. The summed E-state index contributed by atoms with van der Waals surface area (Å²) >= 11 is 0. The van der Waals surface area contributed by atoms with Gasteiger partial charge in [-0.3, -0.25) is 19.2 Å². The Hall–Kier alpha value is -4.68. The van der Waals surface area contributed by atoms with Crippen LogP contribution >= 0.6 is 0 Å². The third-order valence-electron chi connectivity index (χ3n) is 7.77. The number of fused-ring (bicyclic) bond motifs is 5. The molecule has 0 radical (unpaired) electrons. The monoisotopic (exact) mass is 503 g/mol. The van der Waals surface area contributed by atoms with Gasteiger partial charge in [0.25, 0.3) is 5.91 Å². The van der Waals surface area contributed by atoms with E-state index in [1.54, 1.807) is 11.1 Å². The summed E-state index contributed by atoms with van der Waals surface area (Å²) in [5.41, 5.74) is 6.34. The minimum atomic E-state index is -0.258. The first-order valence-corrected chi connectivity index (χ1v) is 12.6. The number of amides is 3. The molecule has 1 N–H and O–H groups in total. The molecule has 2 saturated heterocycles. The van der Waals surface area contributed by atoms with E-state index in [2.05, 4.69) is 43.5 Å². The summed E-state index contributed by atoms with van der Waals surface area (Å²) in [4.78, 5) is 37.2. The maximum absolute atomic E-state index is 13.3. The normalized spacial score (nSPS) is 17.4. The van der Waals surface area contributed by atoms with Crippen LogP contribution in [0.15, 0.2) is 67.1 Å². The first-order valence-electron chi connectivity index (χ1n) is 12.6. The number of aromatic nitrogens is 3. The van der Waals surface area contributed by atoms with Gasteiger partial charge in [0.05, 0.1) is 18.0 Å². The summed E-state index contributed by atoms with van der Waals surface area (Å²) in [6, 6.07) is 15.4. The maximum Gasteiger partial charge on any atom is 0.331 e. The average Bonchev–Trinajstić information content (AvgIpc) is 3.60. The molecule has 3 aliphatic rings. The van der Waals surface area contributed by atoms with Crippen LogP contribution in [0.1, 0.15) is 12.5 Å². The molecule has 0 aliphatic carbocycles. The molecular weight excluding hydrogens is 478 g/mol. The smallest absolute Gasteiger partial charge is 0.331 e. The third kappa shape index (κ3) is 3.45. The van der Waals surface area contributed by atoms with Gasteiger partial charge < -0.3 is 9.88 Å². The second-order valence-electron chi connectivity index (χ2n) is 10.6. The Morgan fingerprint density at radius 1 is 1.05 bits per heavy atom. The minimum Gasteiger partial charge on any atom is -0.340 e. The van der Waals surface area contributed by atoms with Gasteiger partial charge in [-0.2, -0.15) is 0 Å². The van der Waals surface area contributed by atoms with E-state index in [4.69, 9.17) is 6.57 Å². The Balaban J connectivity index is 1.24. The Kier molecular flexibility index (Phi) is 4.84. The largest absolute Gasteiger partial charge is 0.340 e. The highest BCUT2D eigenvalue weighted by Gasteiger charge is 2.43. The van der Waals surface area contributed by atoms with Crippen molar-refractivity contribution >= 4 is 23.3 Å². The molecule has 3 amide bonds. The minimum absolute atomic E-state index is 0.0526. The van der Waals surface area contributed by atoms with E-state index in [0.29, 0.717) is 24.5 Å². The van der Waals surface area contributed by atoms with Gasteiger partial charge in [0.1, 0.15) is 6.54 Å². The van der Waals surface area contributed by atoms with E-state index < -0.39 is 0 Å². The first kappa shape index (κ1) is 22.5. The van der Waals surface area contributed by atoms with Crippen LogP contribution in [0, 0.1) is 12.0 Å². The van der Waals surface area contributed by atoms with Gasteiger partial charge >= 0.3 is 6.03 Å². The van der Waals surface area contributed by atoms with E-state index in [1.807, 2.05) is 48.7 Å². The zero-order chi connectivity index (χ0) is 26.0. The Morgan fingerprint density at radius 3 is 2.61 bits per heavy atom. The number of benzene rings is 2. The van der Waals surface area contributed by atoms with E-state index in [1.165, 1.54) is 4.90 Å². The highest BCUT2D eigenvalue weighted by molar-refractivity contribution is 6.12. The molecule has 38 heavy (non-hydrogen) atoms. The second-order valence-corrected chi connectivity index (χ2v) is 10.6. The first-order chi connectivity index (χ1) is 18.4. The van der Waals surface area contributed by atoms with Gasteiger partial charge in [0.15, 0.2) is 11.5 Å². The maximum atomic E-state index is 13.3. The fourth-order valence-corrected chi connectivity index (χ4v) is 5.63. The number of hydrogen-bond donors (Lipinski definition) is 1. The Labute approximate surface area is 219 Å². The fourth-order valence-electron chi connectivity index (χ4n) is 5.63. The van der Waals surface area contributed by atoms with Crippen LogP contribution < -0.4 is 10.2 Å². The van der Waals surface area contributed by atoms with E-state index >= 15 is 0 Å². The molecule has 2 aromatic carbocycles. The van der Waals surface area contributed by atoms with E-state index in [0.717, 1.165) is 47.0 Å². The summed E-state index contributed by atoms with van der Waals surface area (Å²) in [6.45, 7) is 12.0. The molecule has 0 spiro atoms. The molecule has 0 atom stereocenters. The number of imidazole rings is 1. The molecule has 0 unspecified atom stereocenters. The standard InChI is InChI=1S/C29H25N7O2/c1-29(16-31-17-29)18-36-26(37)15-35(28(36)38)23-7-8-24-21(11-23)14-33-13-20(19-3-5-22(30-2)6-4-19)12-25(33)27-32-9-10-34(24)27/h3-13,31H,14-18H2,1H3. The fraction of sp³-hybridized carbons (Fsp3) is 0.241. The molecular formula is C29H25N7O2. The van der Waals surface area contributed by atoms with E-state index in [9.17, 15) is 9.59 Å². The number of nitrogens with zero attached hydrogens (tertiary/aromatic N) is 6. The second kappa shape index (κ2) is 8.16. The number of rotatable bonds is 4. The number of nitrogens with one attached hydrogen (secondary N) is 1. The van der Waals surface area contributed by atoms with Crippen LogP contribution in [0.5, 0.6) is 0 Å². The molecule has 2 aromatic heterocycles. The molecule has 0 bridgehead atoms. The summed E-state index contributed by atoms with van der Waals surface area (Å²) in [6.07, 6.45) is 5.83. The molecule has 3 aliphatic heterocycles. The van der Waals surface area contributed by atoms with Crippen LogP contribution in [0.25, 0.3) is 33.2 Å². The van der Waals surface area contributed by atoms with Crippen molar-refractivity contribution in [2.45, 2.75) is 13.5 Å². The van der Waals surface area contributed by atoms with Gasteiger partial charge in [-0.05, 0) is 35.4 Å². The van der Waals surface area contributed by atoms with Crippen molar-refractivity contribution in [3.63, 3.8) is 0 Å². The average molecular weight is 504 g/mol. The number of anilines is 1. The molecule has 2 fully saturated rings. The topological polar surface area (TPSA) is 79.8 Å². The van der Waals surface area contributed by atoms with Gasteiger partial charge in [-0.1, -0.05) is 31.2 Å². The molecule has 7 rings (SSSR count). The number of urea groups is 1. The molecule has 5 heterocycles. The Bertz CT molecular complexity index is 1650. The van der Waals surface area contributed by atoms with Crippen LogP contribution in [0.4, 0.5) is 16.2 Å². The van der Waals surface area contributed by atoms with Crippen molar-refractivity contribution in [3.8, 4) is 28.3 Å². The predicted octanol–water partition coefficient (Wildman–Crippen LogP) is 4.30. The number of carbonyl (C=O) groups is 2. The molecule has 0 saturated carbocycles. The van der Waals surface area contributed by atoms with Gasteiger partial charge in [-0.15, -0.1) is 0 Å². The van der Waals surface area contributed by atoms with Gasteiger partial charge in [0, 0.05) is 61.4 Å². The van der Waals surface area contributed by atoms with Crippen molar-refractivity contribution < 1.29 is 9.59 Å². The van der Waals surface area contributed by atoms with Crippen LogP contribution in [0.3, 0.4) is 0 Å². The zero-order valence-corrected chi connectivity index (χ0v) is 20.9. The molecule has 9 nitrogen and oxygen atoms in total. The zero-order valence-electron chi connectivity index (χ0n) is 20.9. The van der Waals surface area contributed by atoms with E-state index in [-0.39, 0.29) is 23.9 Å². The van der Waals surface area contributed by atoms with Crippen molar-refractivity contribution in [1.82, 2.24) is 24.3 Å². The quantitative estimate of drug-likeness (QED) is 0.293. The predicted molar refractivity (Wildman–Crippen MR) is 143 cm³/mol. The highest BCUT2D eigenvalue weighted by Crippen LogP contribution is 2.36. The summed E-state index contributed by atoms with van der Waals surface area (Å²) in [5.74, 6) is 0.679. The molecule has 188 valence electrons. The summed E-state index contributed by atoms with van der Waals surface area (Å²) in [7, 11) is 0. The lowest BCUT2D eigenvalue weighted by Gasteiger charge is -2.41. The van der Waals surface area contributed by atoms with Crippen molar-refractivity contribution in [2.75, 3.05) is 31.1 Å². The SMILES string of the molecule is [C-]#[N+]c1ccc(-c2cc3n(c2)Cc2cc(N4CC(=O)N(CC5(C)CNC5)C4=O)ccc2-n2ccnc2-3)cc1.